The van der Waals surface area contributed by atoms with Gasteiger partial charge in [-0.05, 0) is 31.2 Å². The first-order valence-electron chi connectivity index (χ1n) is 8.42. The summed E-state index contributed by atoms with van der Waals surface area (Å²) in [4.78, 5) is 14.1. The normalized spacial score (nSPS) is 28.1. The lowest BCUT2D eigenvalue weighted by atomic mass is 9.83. The molecule has 134 valence electrons. The fraction of sp³-hybridized carbons (Fsp3) is 0.500. The molecule has 7 nitrogen and oxygen atoms in total. The second kappa shape index (κ2) is 6.48. The van der Waals surface area contributed by atoms with Crippen LogP contribution in [0, 0.1) is 5.92 Å². The number of rotatable bonds is 5. The number of hydrogen-bond acceptors (Lipinski definition) is 6. The van der Waals surface area contributed by atoms with E-state index in [0.29, 0.717) is 30.9 Å². The van der Waals surface area contributed by atoms with E-state index in [1.54, 1.807) is 0 Å². The standard InChI is InChI=1S/C18H21NO6/c1-19-9-12(11-2-4-14-15(8-11)25-10-24-14)17(18(20)21)13(19)3-5-16-22-6-7-23-16/h2,4,6-8,12-13,16-17H,3,5,9-10H2,1H3,(H,20,21). The van der Waals surface area contributed by atoms with Crippen LogP contribution in [-0.2, 0) is 14.3 Å². The first kappa shape index (κ1) is 16.1. The number of likely N-dealkylation sites (N-methyl/N-ethyl adjacent to an activating group) is 1. The second-order valence-corrected chi connectivity index (χ2v) is 6.64. The molecule has 0 radical (unpaired) electrons. The van der Waals surface area contributed by atoms with Crippen molar-refractivity contribution in [3.05, 3.63) is 36.3 Å². The van der Waals surface area contributed by atoms with E-state index < -0.39 is 11.9 Å². The van der Waals surface area contributed by atoms with Gasteiger partial charge in [0.25, 0.3) is 0 Å². The fourth-order valence-corrected chi connectivity index (χ4v) is 4.01. The van der Waals surface area contributed by atoms with Crippen LogP contribution < -0.4 is 9.47 Å². The number of likely N-dealkylation sites (tertiary alicyclic amines) is 1. The van der Waals surface area contributed by atoms with Crippen molar-refractivity contribution < 1.29 is 28.8 Å². The smallest absolute Gasteiger partial charge is 0.308 e. The van der Waals surface area contributed by atoms with Crippen molar-refractivity contribution in [2.75, 3.05) is 20.4 Å². The van der Waals surface area contributed by atoms with Crippen LogP contribution in [0.25, 0.3) is 0 Å². The van der Waals surface area contributed by atoms with Gasteiger partial charge < -0.3 is 29.0 Å². The third kappa shape index (κ3) is 3.00. The Morgan fingerprint density at radius 2 is 1.96 bits per heavy atom. The third-order valence-corrected chi connectivity index (χ3v) is 5.22. The zero-order chi connectivity index (χ0) is 17.4. The summed E-state index contributed by atoms with van der Waals surface area (Å²) in [7, 11) is 1.97. The van der Waals surface area contributed by atoms with Crippen molar-refractivity contribution in [2.45, 2.75) is 31.1 Å². The average Bonchev–Trinajstić information content (AvgIpc) is 3.32. The van der Waals surface area contributed by atoms with Gasteiger partial charge in [-0.3, -0.25) is 4.79 Å². The van der Waals surface area contributed by atoms with Crippen molar-refractivity contribution >= 4 is 5.97 Å². The molecule has 0 bridgehead atoms. The molecule has 3 aliphatic rings. The number of fused-ring (bicyclic) bond motifs is 1. The van der Waals surface area contributed by atoms with Gasteiger partial charge in [0, 0.05) is 24.9 Å². The van der Waals surface area contributed by atoms with E-state index in [2.05, 4.69) is 4.90 Å². The van der Waals surface area contributed by atoms with Gasteiger partial charge >= 0.3 is 5.97 Å². The van der Waals surface area contributed by atoms with Crippen LogP contribution in [0.3, 0.4) is 0 Å². The van der Waals surface area contributed by atoms with Crippen LogP contribution in [0.4, 0.5) is 0 Å². The zero-order valence-electron chi connectivity index (χ0n) is 14.0. The van der Waals surface area contributed by atoms with E-state index in [1.165, 1.54) is 12.5 Å². The molecule has 7 heteroatoms. The second-order valence-electron chi connectivity index (χ2n) is 6.64. The number of carboxylic acid groups (broad SMARTS) is 1. The SMILES string of the molecule is CN1CC(c2ccc3c(c2)OCO3)C(C(=O)O)C1CCC1OC=CO1. The lowest BCUT2D eigenvalue weighted by Crippen LogP contribution is -2.34. The van der Waals surface area contributed by atoms with Crippen LogP contribution in [0.15, 0.2) is 30.7 Å². The molecule has 1 aromatic rings. The molecule has 0 aromatic heterocycles. The third-order valence-electron chi connectivity index (χ3n) is 5.22. The maximum Gasteiger partial charge on any atom is 0.308 e. The Morgan fingerprint density at radius 3 is 2.72 bits per heavy atom. The Hall–Kier alpha value is -2.41. The van der Waals surface area contributed by atoms with Gasteiger partial charge in [0.05, 0.1) is 5.92 Å². The maximum atomic E-state index is 12.0. The van der Waals surface area contributed by atoms with Gasteiger partial charge in [-0.1, -0.05) is 6.07 Å². The quantitative estimate of drug-likeness (QED) is 0.874. The lowest BCUT2D eigenvalue weighted by Gasteiger charge is -2.24. The molecule has 0 saturated carbocycles. The van der Waals surface area contributed by atoms with Gasteiger partial charge in [0.2, 0.25) is 13.1 Å². The summed E-state index contributed by atoms with van der Waals surface area (Å²) in [5.74, 6) is 0.0433. The van der Waals surface area contributed by atoms with E-state index in [9.17, 15) is 9.90 Å². The molecular weight excluding hydrogens is 326 g/mol. The van der Waals surface area contributed by atoms with Gasteiger partial charge in [0.15, 0.2) is 11.5 Å². The van der Waals surface area contributed by atoms with Crippen molar-refractivity contribution in [2.24, 2.45) is 5.92 Å². The first-order valence-corrected chi connectivity index (χ1v) is 8.42. The van der Waals surface area contributed by atoms with Crippen LogP contribution in [0.2, 0.25) is 0 Å². The number of ether oxygens (including phenoxy) is 4. The largest absolute Gasteiger partial charge is 0.481 e. The van der Waals surface area contributed by atoms with Gasteiger partial charge in [-0.25, -0.2) is 0 Å². The van der Waals surface area contributed by atoms with E-state index in [0.717, 1.165) is 5.56 Å². The summed E-state index contributed by atoms with van der Waals surface area (Å²) in [5.41, 5.74) is 0.973. The molecule has 3 unspecified atom stereocenters. The molecule has 1 N–H and O–H groups in total. The average molecular weight is 347 g/mol. The molecule has 1 fully saturated rings. The molecule has 0 spiro atoms. The van der Waals surface area contributed by atoms with Gasteiger partial charge in [-0.15, -0.1) is 0 Å². The molecular formula is C18H21NO6. The highest BCUT2D eigenvalue weighted by molar-refractivity contribution is 5.73. The summed E-state index contributed by atoms with van der Waals surface area (Å²) in [6.07, 6.45) is 4.08. The number of nitrogens with zero attached hydrogens (tertiary/aromatic N) is 1. The highest BCUT2D eigenvalue weighted by Crippen LogP contribution is 2.42. The summed E-state index contributed by atoms with van der Waals surface area (Å²) in [6.45, 7) is 0.898. The maximum absolute atomic E-state index is 12.0. The monoisotopic (exact) mass is 347 g/mol. The van der Waals surface area contributed by atoms with Crippen molar-refractivity contribution in [1.29, 1.82) is 0 Å². The first-order chi connectivity index (χ1) is 12.1. The molecule has 3 heterocycles. The van der Waals surface area contributed by atoms with Gasteiger partial charge in [-0.2, -0.15) is 0 Å². The Balaban J connectivity index is 1.52. The minimum Gasteiger partial charge on any atom is -0.481 e. The highest BCUT2D eigenvalue weighted by atomic mass is 16.7. The predicted molar refractivity (Wildman–Crippen MR) is 87.2 cm³/mol. The molecule has 3 atom stereocenters. The number of carbonyl (C=O) groups is 1. The summed E-state index contributed by atoms with van der Waals surface area (Å²) < 4.78 is 21.4. The number of benzene rings is 1. The predicted octanol–water partition coefficient (Wildman–Crippen LogP) is 2.14. The van der Waals surface area contributed by atoms with Crippen molar-refractivity contribution in [3.63, 3.8) is 0 Å². The number of carboxylic acids is 1. The summed E-state index contributed by atoms with van der Waals surface area (Å²) in [6, 6.07) is 5.64. The molecule has 3 aliphatic heterocycles. The molecule has 25 heavy (non-hydrogen) atoms. The Labute approximate surface area is 145 Å². The van der Waals surface area contributed by atoms with Crippen LogP contribution in [0.5, 0.6) is 11.5 Å². The highest BCUT2D eigenvalue weighted by Gasteiger charge is 2.45. The minimum atomic E-state index is -0.775. The molecule has 1 saturated heterocycles. The van der Waals surface area contributed by atoms with Crippen LogP contribution >= 0.6 is 0 Å². The van der Waals surface area contributed by atoms with Crippen LogP contribution in [-0.4, -0.2) is 48.7 Å². The number of aliphatic carboxylic acids is 1. The molecule has 1 aromatic carbocycles. The number of hydrogen-bond donors (Lipinski definition) is 1. The summed E-state index contributed by atoms with van der Waals surface area (Å²) >= 11 is 0. The molecule has 4 rings (SSSR count). The van der Waals surface area contributed by atoms with Crippen molar-refractivity contribution in [1.82, 2.24) is 4.90 Å². The van der Waals surface area contributed by atoms with Crippen molar-refractivity contribution in [3.8, 4) is 11.5 Å². The van der Waals surface area contributed by atoms with Gasteiger partial charge in [0.1, 0.15) is 12.5 Å². The molecule has 0 aliphatic carbocycles. The Morgan fingerprint density at radius 1 is 1.20 bits per heavy atom. The minimum absolute atomic E-state index is 0.0688. The molecule has 0 amide bonds. The van der Waals surface area contributed by atoms with E-state index in [4.69, 9.17) is 18.9 Å². The van der Waals surface area contributed by atoms with E-state index in [-0.39, 0.29) is 25.0 Å². The van der Waals surface area contributed by atoms with E-state index in [1.807, 2.05) is 25.2 Å². The zero-order valence-corrected chi connectivity index (χ0v) is 14.0. The summed E-state index contributed by atoms with van der Waals surface area (Å²) in [5, 5.41) is 9.86. The Bertz CT molecular complexity index is 682. The lowest BCUT2D eigenvalue weighted by molar-refractivity contribution is -0.143. The van der Waals surface area contributed by atoms with E-state index >= 15 is 0 Å². The van der Waals surface area contributed by atoms with Crippen LogP contribution in [0.1, 0.15) is 24.3 Å². The topological polar surface area (TPSA) is 77.5 Å². The fourth-order valence-electron chi connectivity index (χ4n) is 4.01. The Kier molecular flexibility index (Phi) is 4.17.